The molecule has 0 aliphatic carbocycles. The normalized spacial score (nSPS) is 12.6. The van der Waals surface area contributed by atoms with Gasteiger partial charge in [-0.05, 0) is 12.5 Å². The Balaban J connectivity index is 2.09. The molecule has 2 rings (SSSR count). The fraction of sp³-hybridized carbons (Fsp3) is 0.385. The second-order valence-electron chi connectivity index (χ2n) is 4.32. The third kappa shape index (κ3) is 3.30. The highest BCUT2D eigenvalue weighted by Gasteiger charge is 2.16. The Morgan fingerprint density at radius 1 is 1.47 bits per heavy atom. The van der Waals surface area contributed by atoms with E-state index in [1.807, 2.05) is 14.0 Å². The van der Waals surface area contributed by atoms with E-state index in [-0.39, 0.29) is 16.9 Å². The van der Waals surface area contributed by atoms with Gasteiger partial charge in [0.2, 0.25) is 0 Å². The number of aryl methyl sites for hydroxylation is 1. The van der Waals surface area contributed by atoms with Gasteiger partial charge in [-0.3, -0.25) is 4.68 Å². The van der Waals surface area contributed by atoms with E-state index >= 15 is 0 Å². The Kier molecular flexibility index (Phi) is 4.50. The molecular weight excluding hydrogens is 267 g/mol. The van der Waals surface area contributed by atoms with Crippen LogP contribution in [0.15, 0.2) is 24.5 Å². The first-order chi connectivity index (χ1) is 9.11. The first kappa shape index (κ1) is 14.0. The molecule has 0 amide bonds. The zero-order valence-electron chi connectivity index (χ0n) is 10.9. The maximum Gasteiger partial charge on any atom is 0.164 e. The number of nitrogens with one attached hydrogen (secondary N) is 1. The number of hydrogen-bond donors (Lipinski definition) is 1. The molecule has 0 fully saturated rings. The van der Waals surface area contributed by atoms with Crippen LogP contribution in [0.1, 0.15) is 30.8 Å². The number of hydrogen-bond acceptors (Lipinski definition) is 3. The maximum atomic E-state index is 14.0. The molecule has 0 spiro atoms. The van der Waals surface area contributed by atoms with Crippen LogP contribution in [-0.2, 0) is 13.6 Å². The average Bonchev–Trinajstić information content (AvgIpc) is 2.81. The number of benzene rings is 1. The van der Waals surface area contributed by atoms with Gasteiger partial charge in [-0.25, -0.2) is 9.37 Å². The molecule has 19 heavy (non-hydrogen) atoms. The lowest BCUT2D eigenvalue weighted by Crippen LogP contribution is -2.22. The molecule has 6 heteroatoms. The average molecular weight is 283 g/mol. The summed E-state index contributed by atoms with van der Waals surface area (Å²) in [7, 11) is 1.81. The van der Waals surface area contributed by atoms with Gasteiger partial charge in [0.15, 0.2) is 5.82 Å². The number of rotatable bonds is 5. The highest BCUT2D eigenvalue weighted by Crippen LogP contribution is 2.25. The summed E-state index contributed by atoms with van der Waals surface area (Å²) in [6.07, 6.45) is 2.39. The lowest BCUT2D eigenvalue weighted by molar-refractivity contribution is 0.480. The van der Waals surface area contributed by atoms with Gasteiger partial charge in [-0.2, -0.15) is 5.10 Å². The van der Waals surface area contributed by atoms with Crippen molar-refractivity contribution in [2.75, 3.05) is 0 Å². The fourth-order valence-corrected chi connectivity index (χ4v) is 2.13. The Morgan fingerprint density at radius 3 is 2.89 bits per heavy atom. The third-order valence-corrected chi connectivity index (χ3v) is 3.21. The summed E-state index contributed by atoms with van der Waals surface area (Å²) in [6.45, 7) is 2.48. The molecule has 0 aliphatic heterocycles. The summed E-state index contributed by atoms with van der Waals surface area (Å²) >= 11 is 5.80. The molecule has 2 aromatic rings. The Bertz CT molecular complexity index is 555. The van der Waals surface area contributed by atoms with E-state index < -0.39 is 0 Å². The van der Waals surface area contributed by atoms with E-state index in [2.05, 4.69) is 15.4 Å². The molecule has 0 saturated heterocycles. The number of halogens is 2. The van der Waals surface area contributed by atoms with Crippen LogP contribution in [0.3, 0.4) is 0 Å². The molecule has 1 aromatic heterocycles. The van der Waals surface area contributed by atoms with Crippen LogP contribution in [0.2, 0.25) is 5.02 Å². The van der Waals surface area contributed by atoms with Crippen molar-refractivity contribution >= 4 is 11.6 Å². The minimum atomic E-state index is -0.363. The SMILES string of the molecule is CC[C@H](NCc1ncn(C)n1)c1cccc(Cl)c1F. The van der Waals surface area contributed by atoms with Crippen LogP contribution in [0, 0.1) is 5.82 Å². The lowest BCUT2D eigenvalue weighted by Gasteiger charge is -2.17. The van der Waals surface area contributed by atoms with Gasteiger partial charge in [-0.15, -0.1) is 0 Å². The predicted octanol–water partition coefficient (Wildman–Crippen LogP) is 2.85. The number of aromatic nitrogens is 3. The second-order valence-corrected chi connectivity index (χ2v) is 4.73. The molecular formula is C13H16ClFN4. The van der Waals surface area contributed by atoms with Gasteiger partial charge < -0.3 is 5.32 Å². The van der Waals surface area contributed by atoms with E-state index in [0.29, 0.717) is 17.9 Å². The van der Waals surface area contributed by atoms with Gasteiger partial charge >= 0.3 is 0 Å². The zero-order chi connectivity index (χ0) is 13.8. The van der Waals surface area contributed by atoms with Gasteiger partial charge in [-0.1, -0.05) is 30.7 Å². The van der Waals surface area contributed by atoms with Crippen molar-refractivity contribution in [3.63, 3.8) is 0 Å². The van der Waals surface area contributed by atoms with Crippen LogP contribution in [-0.4, -0.2) is 14.8 Å². The second kappa shape index (κ2) is 6.12. The van der Waals surface area contributed by atoms with Crippen LogP contribution in [0.5, 0.6) is 0 Å². The molecule has 1 N–H and O–H groups in total. The van der Waals surface area contributed by atoms with Crippen LogP contribution in [0.25, 0.3) is 0 Å². The smallest absolute Gasteiger partial charge is 0.164 e. The topological polar surface area (TPSA) is 42.7 Å². The molecule has 0 unspecified atom stereocenters. The van der Waals surface area contributed by atoms with Crippen molar-refractivity contribution in [3.8, 4) is 0 Å². The van der Waals surface area contributed by atoms with E-state index in [0.717, 1.165) is 6.42 Å². The maximum absolute atomic E-state index is 14.0. The zero-order valence-corrected chi connectivity index (χ0v) is 11.7. The summed E-state index contributed by atoms with van der Waals surface area (Å²) in [5, 5.41) is 7.57. The van der Waals surface area contributed by atoms with Crippen molar-refractivity contribution in [3.05, 3.63) is 46.8 Å². The largest absolute Gasteiger partial charge is 0.303 e. The van der Waals surface area contributed by atoms with Crippen molar-refractivity contribution in [2.45, 2.75) is 25.9 Å². The minimum Gasteiger partial charge on any atom is -0.303 e. The summed E-state index contributed by atoms with van der Waals surface area (Å²) < 4.78 is 15.6. The quantitative estimate of drug-likeness (QED) is 0.917. The molecule has 0 radical (unpaired) electrons. The van der Waals surface area contributed by atoms with E-state index in [4.69, 9.17) is 11.6 Å². The number of nitrogens with zero attached hydrogens (tertiary/aromatic N) is 3. The molecule has 0 aliphatic rings. The molecule has 1 heterocycles. The summed E-state index contributed by atoms with van der Waals surface area (Å²) in [5.41, 5.74) is 0.575. The first-order valence-corrected chi connectivity index (χ1v) is 6.51. The first-order valence-electron chi connectivity index (χ1n) is 6.13. The van der Waals surface area contributed by atoms with E-state index in [1.165, 1.54) is 0 Å². The highest BCUT2D eigenvalue weighted by molar-refractivity contribution is 6.30. The van der Waals surface area contributed by atoms with E-state index in [9.17, 15) is 4.39 Å². The van der Waals surface area contributed by atoms with Gasteiger partial charge in [0.1, 0.15) is 12.1 Å². The Morgan fingerprint density at radius 2 is 2.26 bits per heavy atom. The molecule has 0 bridgehead atoms. The summed E-state index contributed by atoms with van der Waals surface area (Å²) in [6, 6.07) is 4.94. The molecule has 102 valence electrons. The van der Waals surface area contributed by atoms with Crippen LogP contribution < -0.4 is 5.32 Å². The van der Waals surface area contributed by atoms with Crippen molar-refractivity contribution in [1.29, 1.82) is 0 Å². The van der Waals surface area contributed by atoms with Gasteiger partial charge in [0.05, 0.1) is 11.6 Å². The van der Waals surface area contributed by atoms with Crippen molar-refractivity contribution < 1.29 is 4.39 Å². The van der Waals surface area contributed by atoms with Crippen LogP contribution >= 0.6 is 11.6 Å². The summed E-state index contributed by atoms with van der Waals surface area (Å²) in [4.78, 5) is 4.13. The van der Waals surface area contributed by atoms with Crippen molar-refractivity contribution in [1.82, 2.24) is 20.1 Å². The highest BCUT2D eigenvalue weighted by atomic mass is 35.5. The van der Waals surface area contributed by atoms with Crippen LogP contribution in [0.4, 0.5) is 4.39 Å². The third-order valence-electron chi connectivity index (χ3n) is 2.92. The Labute approximate surface area is 116 Å². The lowest BCUT2D eigenvalue weighted by atomic mass is 10.0. The molecule has 1 aromatic carbocycles. The van der Waals surface area contributed by atoms with Gasteiger partial charge in [0, 0.05) is 18.7 Å². The fourth-order valence-electron chi connectivity index (χ4n) is 1.94. The van der Waals surface area contributed by atoms with E-state index in [1.54, 1.807) is 29.2 Å². The monoisotopic (exact) mass is 282 g/mol. The minimum absolute atomic E-state index is 0.109. The molecule has 1 atom stereocenters. The standard InChI is InChI=1S/C13H16ClFN4/c1-3-11(9-5-4-6-10(14)13(9)15)16-7-12-17-8-19(2)18-12/h4-6,8,11,16H,3,7H2,1-2H3/t11-/m0/s1. The predicted molar refractivity (Wildman–Crippen MR) is 72.3 cm³/mol. The van der Waals surface area contributed by atoms with Crippen molar-refractivity contribution in [2.24, 2.45) is 7.05 Å². The van der Waals surface area contributed by atoms with Gasteiger partial charge in [0.25, 0.3) is 0 Å². The summed E-state index contributed by atoms with van der Waals surface area (Å²) in [5.74, 6) is 0.320. The Hall–Kier alpha value is -1.46. The molecule has 4 nitrogen and oxygen atoms in total. The molecule has 0 saturated carbocycles.